The standard InChI is InChI=1S/C18H21NO4S2/c1-25(22,23)13-9-7-12(8-10-13)14-4-2-5-15(19-14)17(20)18(21)16-6-3-11-24-16/h3,6-10,14-16,19H,2,4-5,11H2,1H3. The Labute approximate surface area is 152 Å². The number of rotatable bonds is 5. The van der Waals surface area contributed by atoms with Gasteiger partial charge in [-0.3, -0.25) is 9.59 Å². The number of Topliss-reactive ketones (excluding diaryl/α,β-unsaturated/α-hetero) is 2. The fourth-order valence-electron chi connectivity index (χ4n) is 3.22. The Hall–Kier alpha value is -1.44. The molecular formula is C18H21NO4S2. The molecule has 134 valence electrons. The van der Waals surface area contributed by atoms with Crippen LogP contribution < -0.4 is 5.32 Å². The molecule has 2 aliphatic rings. The lowest BCUT2D eigenvalue weighted by atomic mass is 9.90. The highest BCUT2D eigenvalue weighted by molar-refractivity contribution is 8.01. The van der Waals surface area contributed by atoms with Crippen LogP contribution in [0.2, 0.25) is 0 Å². The molecule has 0 saturated carbocycles. The lowest BCUT2D eigenvalue weighted by Crippen LogP contribution is -2.46. The summed E-state index contributed by atoms with van der Waals surface area (Å²) >= 11 is 1.48. The Kier molecular flexibility index (Phi) is 5.46. The van der Waals surface area contributed by atoms with E-state index < -0.39 is 15.9 Å². The zero-order chi connectivity index (χ0) is 18.0. The first-order valence-electron chi connectivity index (χ1n) is 8.28. The molecule has 2 heterocycles. The third kappa shape index (κ3) is 4.22. The van der Waals surface area contributed by atoms with Crippen molar-refractivity contribution in [3.8, 4) is 0 Å². The quantitative estimate of drug-likeness (QED) is 0.623. The maximum absolute atomic E-state index is 12.5. The summed E-state index contributed by atoms with van der Waals surface area (Å²) < 4.78 is 23.1. The zero-order valence-electron chi connectivity index (χ0n) is 14.0. The van der Waals surface area contributed by atoms with E-state index in [0.29, 0.717) is 6.42 Å². The second-order valence-corrected chi connectivity index (χ2v) is 9.64. The summed E-state index contributed by atoms with van der Waals surface area (Å²) in [6.45, 7) is 0. The van der Waals surface area contributed by atoms with Crippen LogP contribution in [0.1, 0.15) is 30.9 Å². The summed E-state index contributed by atoms with van der Waals surface area (Å²) in [5.41, 5.74) is 0.937. The summed E-state index contributed by atoms with van der Waals surface area (Å²) in [6.07, 6.45) is 7.26. The molecule has 0 amide bonds. The average molecular weight is 380 g/mol. The van der Waals surface area contributed by atoms with Gasteiger partial charge in [-0.25, -0.2) is 8.42 Å². The molecule has 0 aliphatic carbocycles. The molecule has 0 aromatic heterocycles. The van der Waals surface area contributed by atoms with Crippen LogP contribution in [0.3, 0.4) is 0 Å². The average Bonchev–Trinajstić information content (AvgIpc) is 3.14. The molecule has 3 atom stereocenters. The first-order valence-corrected chi connectivity index (χ1v) is 11.2. The van der Waals surface area contributed by atoms with Crippen molar-refractivity contribution in [2.45, 2.75) is 41.5 Å². The molecule has 7 heteroatoms. The van der Waals surface area contributed by atoms with Gasteiger partial charge in [0.05, 0.1) is 16.2 Å². The number of carbonyl (C=O) groups excluding carboxylic acids is 2. The molecule has 0 radical (unpaired) electrons. The summed E-state index contributed by atoms with van der Waals surface area (Å²) in [5, 5.41) is 2.94. The highest BCUT2D eigenvalue weighted by atomic mass is 32.2. The topological polar surface area (TPSA) is 80.3 Å². The number of piperidine rings is 1. The van der Waals surface area contributed by atoms with E-state index in [1.54, 1.807) is 30.3 Å². The van der Waals surface area contributed by atoms with Crippen molar-refractivity contribution < 1.29 is 18.0 Å². The van der Waals surface area contributed by atoms with Gasteiger partial charge in [-0.05, 0) is 37.0 Å². The van der Waals surface area contributed by atoms with Gasteiger partial charge in [0.15, 0.2) is 9.84 Å². The van der Waals surface area contributed by atoms with Crippen molar-refractivity contribution in [2.24, 2.45) is 0 Å². The first-order chi connectivity index (χ1) is 11.9. The lowest BCUT2D eigenvalue weighted by molar-refractivity contribution is -0.137. The summed E-state index contributed by atoms with van der Waals surface area (Å²) in [7, 11) is -3.22. The van der Waals surface area contributed by atoms with Crippen molar-refractivity contribution >= 4 is 33.2 Å². The molecule has 1 aromatic rings. The number of hydrogen-bond acceptors (Lipinski definition) is 6. The molecule has 3 rings (SSSR count). The number of carbonyl (C=O) groups is 2. The number of thioether (sulfide) groups is 1. The highest BCUT2D eigenvalue weighted by Gasteiger charge is 2.34. The van der Waals surface area contributed by atoms with E-state index in [1.165, 1.54) is 18.0 Å². The second kappa shape index (κ2) is 7.43. The normalized spacial score (nSPS) is 26.5. The van der Waals surface area contributed by atoms with E-state index >= 15 is 0 Å². The van der Waals surface area contributed by atoms with Gasteiger partial charge < -0.3 is 5.32 Å². The summed E-state index contributed by atoms with van der Waals surface area (Å²) in [4.78, 5) is 25.1. The second-order valence-electron chi connectivity index (χ2n) is 6.45. The Morgan fingerprint density at radius 1 is 1.12 bits per heavy atom. The largest absolute Gasteiger partial charge is 0.300 e. The van der Waals surface area contributed by atoms with Crippen molar-refractivity contribution in [1.82, 2.24) is 5.32 Å². The van der Waals surface area contributed by atoms with Gasteiger partial charge in [-0.2, -0.15) is 0 Å². The molecule has 0 bridgehead atoms. The van der Waals surface area contributed by atoms with Crippen molar-refractivity contribution in [3.05, 3.63) is 42.0 Å². The fraction of sp³-hybridized carbons (Fsp3) is 0.444. The van der Waals surface area contributed by atoms with Gasteiger partial charge in [0.1, 0.15) is 0 Å². The summed E-state index contributed by atoms with van der Waals surface area (Å²) in [6, 6.07) is 6.22. The van der Waals surface area contributed by atoms with Crippen LogP contribution >= 0.6 is 11.8 Å². The van der Waals surface area contributed by atoms with Crippen LogP contribution in [0.5, 0.6) is 0 Å². The molecule has 2 aliphatic heterocycles. The molecule has 1 N–H and O–H groups in total. The van der Waals surface area contributed by atoms with E-state index in [4.69, 9.17) is 0 Å². The van der Waals surface area contributed by atoms with Crippen LogP contribution in [0.4, 0.5) is 0 Å². The molecule has 3 unspecified atom stereocenters. The highest BCUT2D eigenvalue weighted by Crippen LogP contribution is 2.28. The first kappa shape index (κ1) is 18.4. The van der Waals surface area contributed by atoms with Crippen molar-refractivity contribution in [3.63, 3.8) is 0 Å². The minimum absolute atomic E-state index is 0.0455. The minimum Gasteiger partial charge on any atom is -0.300 e. The number of nitrogens with one attached hydrogen (secondary N) is 1. The Balaban J connectivity index is 1.69. The lowest BCUT2D eigenvalue weighted by Gasteiger charge is -2.30. The molecule has 1 aromatic carbocycles. The molecule has 5 nitrogen and oxygen atoms in total. The predicted octanol–water partition coefficient (Wildman–Crippen LogP) is 2.08. The Morgan fingerprint density at radius 3 is 2.44 bits per heavy atom. The van der Waals surface area contributed by atoms with E-state index in [1.807, 2.05) is 6.08 Å². The maximum atomic E-state index is 12.5. The maximum Gasteiger partial charge on any atom is 0.216 e. The van der Waals surface area contributed by atoms with Gasteiger partial charge in [0, 0.05) is 18.1 Å². The van der Waals surface area contributed by atoms with E-state index in [2.05, 4.69) is 5.32 Å². The molecular weight excluding hydrogens is 358 g/mol. The molecule has 25 heavy (non-hydrogen) atoms. The van der Waals surface area contributed by atoms with E-state index in [-0.39, 0.29) is 27.8 Å². The van der Waals surface area contributed by atoms with Crippen LogP contribution in [-0.4, -0.2) is 43.3 Å². The predicted molar refractivity (Wildman–Crippen MR) is 98.5 cm³/mol. The van der Waals surface area contributed by atoms with Crippen molar-refractivity contribution in [2.75, 3.05) is 12.0 Å². The molecule has 1 saturated heterocycles. The third-order valence-corrected chi connectivity index (χ3v) is 6.84. The third-order valence-electron chi connectivity index (χ3n) is 4.60. The van der Waals surface area contributed by atoms with Gasteiger partial charge in [0.25, 0.3) is 0 Å². The minimum atomic E-state index is -3.22. The smallest absolute Gasteiger partial charge is 0.216 e. The summed E-state index contributed by atoms with van der Waals surface area (Å²) in [5.74, 6) is 0.0997. The monoisotopic (exact) mass is 379 g/mol. The number of ketones is 2. The molecule has 1 fully saturated rings. The zero-order valence-corrected chi connectivity index (χ0v) is 15.6. The number of hydrogen-bond donors (Lipinski definition) is 1. The van der Waals surface area contributed by atoms with Crippen LogP contribution in [0.15, 0.2) is 41.3 Å². The van der Waals surface area contributed by atoms with Gasteiger partial charge >= 0.3 is 0 Å². The van der Waals surface area contributed by atoms with E-state index in [9.17, 15) is 18.0 Å². The Bertz CT molecular complexity index is 799. The number of sulfone groups is 1. The Morgan fingerprint density at radius 2 is 1.84 bits per heavy atom. The van der Waals surface area contributed by atoms with Crippen molar-refractivity contribution in [1.29, 1.82) is 0 Å². The molecule has 0 spiro atoms. The fourth-order valence-corrected chi connectivity index (χ4v) is 4.77. The number of benzene rings is 1. The van der Waals surface area contributed by atoms with Gasteiger partial charge in [-0.1, -0.05) is 24.3 Å². The van der Waals surface area contributed by atoms with Gasteiger partial charge in [-0.15, -0.1) is 11.8 Å². The van der Waals surface area contributed by atoms with Gasteiger partial charge in [0.2, 0.25) is 11.6 Å². The van der Waals surface area contributed by atoms with Crippen LogP contribution in [0.25, 0.3) is 0 Å². The van der Waals surface area contributed by atoms with E-state index in [0.717, 1.165) is 24.2 Å². The van der Waals surface area contributed by atoms with Crippen LogP contribution in [-0.2, 0) is 19.4 Å². The SMILES string of the molecule is CS(=O)(=O)c1ccc(C2CCCC(C(=O)C(=O)C3C=CCS3)N2)cc1. The van der Waals surface area contributed by atoms with Crippen LogP contribution in [0, 0.1) is 0 Å².